The molecule has 164 valence electrons. The molecule has 2 bridgehead atoms. The number of aromatic nitrogens is 1. The highest BCUT2D eigenvalue weighted by Gasteiger charge is 2.56. The van der Waals surface area contributed by atoms with Crippen molar-refractivity contribution in [1.29, 1.82) is 0 Å². The largest absolute Gasteiger partial charge is 0.396 e. The van der Waals surface area contributed by atoms with Crippen LogP contribution in [0.15, 0.2) is 23.0 Å². The molecule has 1 N–H and O–H groups in total. The molecule has 1 aromatic rings. The van der Waals surface area contributed by atoms with Crippen molar-refractivity contribution >= 4 is 5.91 Å². The number of aliphatic hydroxyl groups excluding tert-OH is 1. The van der Waals surface area contributed by atoms with Gasteiger partial charge in [-0.25, -0.2) is 0 Å². The number of aliphatic hydroxyl groups is 1. The summed E-state index contributed by atoms with van der Waals surface area (Å²) in [5, 5.41) is 10.4. The van der Waals surface area contributed by atoms with Gasteiger partial charge in [0.15, 0.2) is 0 Å². The molecule has 0 aromatic carbocycles. The summed E-state index contributed by atoms with van der Waals surface area (Å²) in [6.07, 6.45) is 6.36. The van der Waals surface area contributed by atoms with Crippen LogP contribution in [0.25, 0.3) is 0 Å². The lowest BCUT2D eigenvalue weighted by Crippen LogP contribution is -2.48. The highest BCUT2D eigenvalue weighted by Crippen LogP contribution is 2.49. The van der Waals surface area contributed by atoms with E-state index in [1.165, 1.54) is 32.1 Å². The summed E-state index contributed by atoms with van der Waals surface area (Å²) in [6, 6.07) is 5.33. The first kappa shape index (κ1) is 20.2. The van der Waals surface area contributed by atoms with Crippen LogP contribution in [-0.2, 0) is 16.1 Å². The molecule has 5 rings (SSSR count). The van der Waals surface area contributed by atoms with Gasteiger partial charge in [-0.15, -0.1) is 0 Å². The molecule has 7 heteroatoms. The minimum absolute atomic E-state index is 0.00372. The third kappa shape index (κ3) is 3.41. The molecule has 0 radical (unpaired) electrons. The van der Waals surface area contributed by atoms with Gasteiger partial charge in [-0.3, -0.25) is 14.5 Å². The minimum atomic E-state index is -0.308. The number of nitrogens with zero attached hydrogens (tertiary/aromatic N) is 3. The van der Waals surface area contributed by atoms with Crippen LogP contribution in [0.2, 0.25) is 0 Å². The quantitative estimate of drug-likeness (QED) is 0.801. The van der Waals surface area contributed by atoms with Crippen molar-refractivity contribution in [3.8, 4) is 0 Å². The topological polar surface area (TPSA) is 75.0 Å². The summed E-state index contributed by atoms with van der Waals surface area (Å²) in [7, 11) is 0. The Bertz CT molecular complexity index is 828. The van der Waals surface area contributed by atoms with Crippen molar-refractivity contribution in [2.24, 2.45) is 17.8 Å². The number of rotatable bonds is 4. The van der Waals surface area contributed by atoms with E-state index in [4.69, 9.17) is 4.74 Å². The Balaban J connectivity index is 1.52. The summed E-state index contributed by atoms with van der Waals surface area (Å²) in [6.45, 7) is 3.85. The normalized spacial score (nSPS) is 32.2. The molecule has 7 nitrogen and oxygen atoms in total. The second-order valence-electron chi connectivity index (χ2n) is 9.42. The molecule has 4 atom stereocenters. The van der Waals surface area contributed by atoms with E-state index in [1.807, 2.05) is 21.6 Å². The van der Waals surface area contributed by atoms with Gasteiger partial charge >= 0.3 is 0 Å². The lowest BCUT2D eigenvalue weighted by atomic mass is 9.86. The Morgan fingerprint density at radius 1 is 1.13 bits per heavy atom. The zero-order chi connectivity index (χ0) is 20.7. The molecule has 1 aliphatic carbocycles. The van der Waals surface area contributed by atoms with Gasteiger partial charge in [0, 0.05) is 56.5 Å². The summed E-state index contributed by atoms with van der Waals surface area (Å²) in [5.74, 6) is 0.302. The number of hydrogen-bond donors (Lipinski definition) is 1. The molecule has 2 saturated heterocycles. The molecule has 3 aliphatic heterocycles. The maximum absolute atomic E-state index is 13.7. The van der Waals surface area contributed by atoms with Gasteiger partial charge in [0.1, 0.15) is 0 Å². The molecule has 30 heavy (non-hydrogen) atoms. The fourth-order valence-electron chi connectivity index (χ4n) is 6.37. The van der Waals surface area contributed by atoms with E-state index >= 15 is 0 Å². The Morgan fingerprint density at radius 3 is 2.63 bits per heavy atom. The Labute approximate surface area is 177 Å². The van der Waals surface area contributed by atoms with Crippen molar-refractivity contribution in [3.05, 3.63) is 34.2 Å². The molecule has 1 aromatic heterocycles. The van der Waals surface area contributed by atoms with Crippen molar-refractivity contribution in [2.45, 2.75) is 50.7 Å². The van der Waals surface area contributed by atoms with Crippen molar-refractivity contribution in [1.82, 2.24) is 14.4 Å². The monoisotopic (exact) mass is 415 g/mol. The van der Waals surface area contributed by atoms with Gasteiger partial charge in [-0.2, -0.15) is 0 Å². The summed E-state index contributed by atoms with van der Waals surface area (Å²) < 4.78 is 7.30. The predicted molar refractivity (Wildman–Crippen MR) is 112 cm³/mol. The highest BCUT2D eigenvalue weighted by molar-refractivity contribution is 5.81. The number of carbonyl (C=O) groups is 1. The van der Waals surface area contributed by atoms with Crippen LogP contribution in [0.3, 0.4) is 0 Å². The van der Waals surface area contributed by atoms with Crippen molar-refractivity contribution in [3.63, 3.8) is 0 Å². The van der Waals surface area contributed by atoms with Crippen LogP contribution in [0, 0.1) is 17.8 Å². The molecule has 0 spiro atoms. The van der Waals surface area contributed by atoms with E-state index in [2.05, 4.69) is 4.90 Å². The molecule has 1 amide bonds. The van der Waals surface area contributed by atoms with Gasteiger partial charge < -0.3 is 19.3 Å². The van der Waals surface area contributed by atoms with Gasteiger partial charge in [0.2, 0.25) is 5.91 Å². The molecule has 0 unspecified atom stereocenters. The van der Waals surface area contributed by atoms with Crippen LogP contribution >= 0.6 is 0 Å². The second kappa shape index (κ2) is 8.44. The van der Waals surface area contributed by atoms with Crippen LogP contribution < -0.4 is 5.56 Å². The number of carbonyl (C=O) groups excluding carboxylic acids is 1. The van der Waals surface area contributed by atoms with Crippen LogP contribution in [0.4, 0.5) is 0 Å². The number of hydrogen-bond acceptors (Lipinski definition) is 5. The molecular formula is C23H33N3O4. The Hall–Kier alpha value is -1.70. The summed E-state index contributed by atoms with van der Waals surface area (Å²) in [5.41, 5.74) is 0.938. The fraction of sp³-hybridized carbons (Fsp3) is 0.739. The summed E-state index contributed by atoms with van der Waals surface area (Å²) >= 11 is 0. The number of morpholine rings is 1. The van der Waals surface area contributed by atoms with E-state index < -0.39 is 0 Å². The first-order valence-electron chi connectivity index (χ1n) is 11.6. The third-order valence-corrected chi connectivity index (χ3v) is 7.85. The molecular weight excluding hydrogens is 382 g/mol. The third-order valence-electron chi connectivity index (χ3n) is 7.85. The number of fused-ring (bicyclic) bond motifs is 4. The zero-order valence-electron chi connectivity index (χ0n) is 17.6. The molecule has 3 fully saturated rings. The van der Waals surface area contributed by atoms with E-state index in [0.29, 0.717) is 38.8 Å². The maximum atomic E-state index is 13.7. The van der Waals surface area contributed by atoms with Crippen molar-refractivity contribution in [2.75, 3.05) is 39.5 Å². The van der Waals surface area contributed by atoms with Crippen LogP contribution in [0.5, 0.6) is 0 Å². The smallest absolute Gasteiger partial charge is 0.250 e. The minimum Gasteiger partial charge on any atom is -0.396 e. The zero-order valence-corrected chi connectivity index (χ0v) is 17.6. The molecule has 4 heterocycles. The Kier molecular flexibility index (Phi) is 5.69. The van der Waals surface area contributed by atoms with E-state index in [-0.39, 0.29) is 42.0 Å². The predicted octanol–water partition coefficient (Wildman–Crippen LogP) is 1.25. The lowest BCUT2D eigenvalue weighted by Gasteiger charge is -2.41. The van der Waals surface area contributed by atoms with Gasteiger partial charge in [-0.05, 0) is 24.8 Å². The van der Waals surface area contributed by atoms with Crippen LogP contribution in [0.1, 0.15) is 43.8 Å². The molecule has 1 saturated carbocycles. The number of ether oxygens (including phenoxy) is 1. The SMILES string of the molecule is O=C([C@@H]1[C@@H](CO)[C@@H]2Cn3c(cccc3=O)[C@H]1N2CC1CCCCC1)N1CCOCC1. The average Bonchev–Trinajstić information content (AvgIpc) is 2.99. The van der Waals surface area contributed by atoms with Crippen molar-refractivity contribution < 1.29 is 14.6 Å². The average molecular weight is 416 g/mol. The van der Waals surface area contributed by atoms with E-state index in [9.17, 15) is 14.7 Å². The summed E-state index contributed by atoms with van der Waals surface area (Å²) in [4.78, 5) is 30.7. The maximum Gasteiger partial charge on any atom is 0.250 e. The van der Waals surface area contributed by atoms with Crippen LogP contribution in [-0.4, -0.2) is 70.9 Å². The van der Waals surface area contributed by atoms with E-state index in [0.717, 1.165) is 12.2 Å². The van der Waals surface area contributed by atoms with Gasteiger partial charge in [-0.1, -0.05) is 25.3 Å². The Morgan fingerprint density at radius 2 is 1.90 bits per heavy atom. The van der Waals surface area contributed by atoms with Gasteiger partial charge in [0.05, 0.1) is 25.2 Å². The number of amides is 1. The number of pyridine rings is 1. The molecule has 4 aliphatic rings. The first-order chi connectivity index (χ1) is 14.7. The highest BCUT2D eigenvalue weighted by atomic mass is 16.5. The van der Waals surface area contributed by atoms with Gasteiger partial charge in [0.25, 0.3) is 5.56 Å². The first-order valence-corrected chi connectivity index (χ1v) is 11.6. The van der Waals surface area contributed by atoms with E-state index in [1.54, 1.807) is 6.07 Å². The second-order valence-corrected chi connectivity index (χ2v) is 9.42. The lowest BCUT2D eigenvalue weighted by molar-refractivity contribution is -0.142. The standard InChI is InChI=1S/C23H33N3O4/c27-15-17-19-14-25-18(7-4-8-20(25)28)22(26(19)13-16-5-2-1-3-6-16)21(17)23(29)24-9-11-30-12-10-24/h4,7-8,16-17,19,21-22,27H,1-3,5-6,9-15H2/t17-,19-,21+,22+/m0/s1. The fourth-order valence-corrected chi connectivity index (χ4v) is 6.37.